The second-order valence-corrected chi connectivity index (χ2v) is 19.2. The molecule has 0 radical (unpaired) electrons. The highest BCUT2D eigenvalue weighted by atomic mass is 16.6. The SMILES string of the molecule is CCCCC/C=C\C/C=C\C/C=C\CCCCCCC(=O)OC[C@@H](COC(=O)CCCCCCCCCCCCCCCC)OC(=O)CCCCCCCCC/C=C\CCCCCCCC. The van der Waals surface area contributed by atoms with Crippen LogP contribution in [0.3, 0.4) is 0 Å². The molecule has 0 bridgehead atoms. The molecule has 0 aliphatic carbocycles. The third-order valence-electron chi connectivity index (χ3n) is 12.6. The average molecular weight is 926 g/mol. The summed E-state index contributed by atoms with van der Waals surface area (Å²) in [7, 11) is 0. The molecule has 66 heavy (non-hydrogen) atoms. The van der Waals surface area contributed by atoms with Gasteiger partial charge in [0.2, 0.25) is 0 Å². The van der Waals surface area contributed by atoms with Gasteiger partial charge < -0.3 is 14.2 Å². The van der Waals surface area contributed by atoms with Gasteiger partial charge in [-0.2, -0.15) is 0 Å². The molecule has 0 aromatic heterocycles. The monoisotopic (exact) mass is 925 g/mol. The second kappa shape index (κ2) is 55.0. The summed E-state index contributed by atoms with van der Waals surface area (Å²) in [5.74, 6) is -0.892. The number of allylic oxidation sites excluding steroid dienone is 8. The fourth-order valence-corrected chi connectivity index (χ4v) is 8.21. The van der Waals surface area contributed by atoms with E-state index in [-0.39, 0.29) is 31.1 Å². The Labute approximate surface area is 409 Å². The zero-order valence-corrected chi connectivity index (χ0v) is 44.0. The standard InChI is InChI=1S/C60H108O6/c1-4-7-10-13-16-19-22-25-28-30-32-35-38-41-44-47-50-53-59(62)65-56-57(55-64-58(61)52-49-46-43-40-37-34-27-24-21-18-15-12-9-6-3)66-60(63)54-51-48-45-42-39-36-33-31-29-26-23-20-17-14-11-8-5-2/h16,19,25-26,28-29,32,35,57H,4-15,17-18,20-24,27,30-31,33-34,36-56H2,1-3H3/b19-16-,28-25-,29-26-,35-32-/t57-/m1/s1. The highest BCUT2D eigenvalue weighted by molar-refractivity contribution is 5.71. The molecule has 384 valence electrons. The fraction of sp³-hybridized carbons (Fsp3) is 0.817. The fourth-order valence-electron chi connectivity index (χ4n) is 8.21. The van der Waals surface area contributed by atoms with Gasteiger partial charge in [-0.05, 0) is 83.5 Å². The Bertz CT molecular complexity index is 1150. The number of rotatable bonds is 52. The van der Waals surface area contributed by atoms with Gasteiger partial charge in [0.15, 0.2) is 6.10 Å². The summed E-state index contributed by atoms with van der Waals surface area (Å²) < 4.78 is 16.9. The summed E-state index contributed by atoms with van der Waals surface area (Å²) in [4.78, 5) is 38.1. The molecule has 6 heteroatoms. The van der Waals surface area contributed by atoms with Crippen molar-refractivity contribution in [3.63, 3.8) is 0 Å². The van der Waals surface area contributed by atoms with Crippen molar-refractivity contribution in [1.29, 1.82) is 0 Å². The molecule has 0 spiro atoms. The Hall–Kier alpha value is -2.63. The van der Waals surface area contributed by atoms with E-state index in [4.69, 9.17) is 14.2 Å². The summed E-state index contributed by atoms with van der Waals surface area (Å²) in [6.45, 7) is 6.62. The molecule has 0 aliphatic rings. The lowest BCUT2D eigenvalue weighted by atomic mass is 10.0. The summed E-state index contributed by atoms with van der Waals surface area (Å²) in [6, 6.07) is 0. The molecule has 0 unspecified atom stereocenters. The van der Waals surface area contributed by atoms with E-state index in [1.807, 2.05) is 0 Å². The minimum absolute atomic E-state index is 0.0792. The van der Waals surface area contributed by atoms with E-state index in [0.29, 0.717) is 19.3 Å². The second-order valence-electron chi connectivity index (χ2n) is 19.2. The Morgan fingerprint density at radius 2 is 0.545 bits per heavy atom. The van der Waals surface area contributed by atoms with Crippen LogP contribution in [0.15, 0.2) is 48.6 Å². The van der Waals surface area contributed by atoms with E-state index >= 15 is 0 Å². The van der Waals surface area contributed by atoms with Crippen molar-refractivity contribution >= 4 is 17.9 Å². The van der Waals surface area contributed by atoms with Crippen molar-refractivity contribution in [3.8, 4) is 0 Å². The predicted octanol–water partition coefficient (Wildman–Crippen LogP) is 19.0. The molecule has 0 saturated carbocycles. The molecule has 0 rings (SSSR count). The Morgan fingerprint density at radius 3 is 0.894 bits per heavy atom. The van der Waals surface area contributed by atoms with Gasteiger partial charge in [0.1, 0.15) is 13.2 Å². The van der Waals surface area contributed by atoms with E-state index in [0.717, 1.165) is 83.5 Å². The van der Waals surface area contributed by atoms with Crippen LogP contribution in [-0.4, -0.2) is 37.2 Å². The first-order valence-corrected chi connectivity index (χ1v) is 28.6. The van der Waals surface area contributed by atoms with Gasteiger partial charge in [-0.1, -0.05) is 243 Å². The topological polar surface area (TPSA) is 78.9 Å². The maximum atomic E-state index is 12.8. The molecule has 0 amide bonds. The molecule has 0 aromatic rings. The number of ether oxygens (including phenoxy) is 3. The van der Waals surface area contributed by atoms with Crippen molar-refractivity contribution in [2.24, 2.45) is 0 Å². The van der Waals surface area contributed by atoms with Gasteiger partial charge in [0, 0.05) is 19.3 Å². The van der Waals surface area contributed by atoms with Gasteiger partial charge >= 0.3 is 17.9 Å². The summed E-state index contributed by atoms with van der Waals surface area (Å²) in [5, 5.41) is 0. The van der Waals surface area contributed by atoms with Crippen LogP contribution >= 0.6 is 0 Å². The van der Waals surface area contributed by atoms with Crippen LogP contribution in [0.4, 0.5) is 0 Å². The maximum Gasteiger partial charge on any atom is 0.306 e. The van der Waals surface area contributed by atoms with Crippen LogP contribution in [0.25, 0.3) is 0 Å². The van der Waals surface area contributed by atoms with Gasteiger partial charge in [-0.15, -0.1) is 0 Å². The number of carbonyl (C=O) groups excluding carboxylic acids is 3. The minimum Gasteiger partial charge on any atom is -0.462 e. The van der Waals surface area contributed by atoms with Crippen LogP contribution in [-0.2, 0) is 28.6 Å². The number of unbranched alkanes of at least 4 members (excludes halogenated alkanes) is 33. The first-order chi connectivity index (χ1) is 32.5. The number of esters is 3. The number of hydrogen-bond acceptors (Lipinski definition) is 6. The van der Waals surface area contributed by atoms with Crippen molar-refractivity contribution in [3.05, 3.63) is 48.6 Å². The van der Waals surface area contributed by atoms with E-state index in [1.165, 1.54) is 173 Å². The molecule has 0 aromatic carbocycles. The molecular formula is C60H108O6. The summed E-state index contributed by atoms with van der Waals surface area (Å²) >= 11 is 0. The van der Waals surface area contributed by atoms with Gasteiger partial charge in [-0.3, -0.25) is 14.4 Å². The van der Waals surface area contributed by atoms with E-state index < -0.39 is 6.10 Å². The third-order valence-corrected chi connectivity index (χ3v) is 12.6. The van der Waals surface area contributed by atoms with Gasteiger partial charge in [0.25, 0.3) is 0 Å². The van der Waals surface area contributed by atoms with Crippen molar-refractivity contribution in [1.82, 2.24) is 0 Å². The predicted molar refractivity (Wildman–Crippen MR) is 284 cm³/mol. The molecule has 0 heterocycles. The van der Waals surface area contributed by atoms with Crippen LogP contribution < -0.4 is 0 Å². The molecule has 1 atom stereocenters. The van der Waals surface area contributed by atoms with Gasteiger partial charge in [0.05, 0.1) is 0 Å². The molecule has 0 aliphatic heterocycles. The first kappa shape index (κ1) is 63.4. The first-order valence-electron chi connectivity index (χ1n) is 28.6. The maximum absolute atomic E-state index is 12.8. The van der Waals surface area contributed by atoms with E-state index in [2.05, 4.69) is 69.4 Å². The quantitative estimate of drug-likeness (QED) is 0.0262. The summed E-state index contributed by atoms with van der Waals surface area (Å²) in [5.41, 5.74) is 0. The minimum atomic E-state index is -0.782. The Kier molecular flexibility index (Phi) is 52.8. The van der Waals surface area contributed by atoms with Crippen LogP contribution in [0.1, 0.15) is 297 Å². The van der Waals surface area contributed by atoms with E-state index in [9.17, 15) is 14.4 Å². The lowest BCUT2D eigenvalue weighted by Crippen LogP contribution is -2.30. The molecule has 0 fully saturated rings. The normalized spacial score (nSPS) is 12.3. The summed E-state index contributed by atoms with van der Waals surface area (Å²) in [6.07, 6.45) is 66.6. The van der Waals surface area contributed by atoms with Crippen molar-refractivity contribution < 1.29 is 28.6 Å². The number of carbonyl (C=O) groups is 3. The zero-order valence-electron chi connectivity index (χ0n) is 44.0. The molecule has 6 nitrogen and oxygen atoms in total. The smallest absolute Gasteiger partial charge is 0.306 e. The largest absolute Gasteiger partial charge is 0.462 e. The lowest BCUT2D eigenvalue weighted by Gasteiger charge is -2.18. The average Bonchev–Trinajstić information content (AvgIpc) is 3.31. The van der Waals surface area contributed by atoms with Crippen molar-refractivity contribution in [2.75, 3.05) is 13.2 Å². The molecule has 0 N–H and O–H groups in total. The highest BCUT2D eigenvalue weighted by Gasteiger charge is 2.19. The number of hydrogen-bond donors (Lipinski definition) is 0. The molecular weight excluding hydrogens is 817 g/mol. The molecule has 0 saturated heterocycles. The van der Waals surface area contributed by atoms with E-state index in [1.54, 1.807) is 0 Å². The van der Waals surface area contributed by atoms with Crippen LogP contribution in [0.2, 0.25) is 0 Å². The third kappa shape index (κ3) is 52.3. The highest BCUT2D eigenvalue weighted by Crippen LogP contribution is 2.16. The van der Waals surface area contributed by atoms with Crippen molar-refractivity contribution in [2.45, 2.75) is 303 Å². The lowest BCUT2D eigenvalue weighted by molar-refractivity contribution is -0.167. The van der Waals surface area contributed by atoms with Crippen LogP contribution in [0.5, 0.6) is 0 Å². The zero-order chi connectivity index (χ0) is 47.9. The van der Waals surface area contributed by atoms with Gasteiger partial charge in [-0.25, -0.2) is 0 Å². The Balaban J connectivity index is 4.40. The van der Waals surface area contributed by atoms with Crippen LogP contribution in [0, 0.1) is 0 Å². The Morgan fingerprint density at radius 1 is 0.303 bits per heavy atom.